The van der Waals surface area contributed by atoms with Gasteiger partial charge in [-0.3, -0.25) is 4.90 Å². The molecule has 0 bridgehead atoms. The van der Waals surface area contributed by atoms with Crippen LogP contribution in [-0.2, 0) is 19.6 Å². The molecule has 0 aliphatic carbocycles. The number of aryl methyl sites for hydroxylation is 1. The van der Waals surface area contributed by atoms with Crippen molar-refractivity contribution in [1.82, 2.24) is 24.6 Å². The van der Waals surface area contributed by atoms with Gasteiger partial charge in [-0.25, -0.2) is 4.98 Å². The maximum absolute atomic E-state index is 4.75. The molecule has 0 spiro atoms. The molecule has 0 amide bonds. The van der Waals surface area contributed by atoms with Gasteiger partial charge < -0.3 is 4.57 Å². The zero-order valence-corrected chi connectivity index (χ0v) is 13.3. The number of hydrogen-bond donors (Lipinski definition) is 0. The van der Waals surface area contributed by atoms with Crippen molar-refractivity contribution in [2.75, 3.05) is 6.54 Å². The first-order chi connectivity index (χ1) is 10.3. The number of aromatic nitrogens is 4. The van der Waals surface area contributed by atoms with Gasteiger partial charge in [0, 0.05) is 25.0 Å². The predicted octanol–water partition coefficient (Wildman–Crippen LogP) is 2.79. The van der Waals surface area contributed by atoms with Crippen LogP contribution < -0.4 is 0 Å². The summed E-state index contributed by atoms with van der Waals surface area (Å²) < 4.78 is 2.20. The predicted molar refractivity (Wildman–Crippen MR) is 84.3 cm³/mol. The third-order valence-corrected chi connectivity index (χ3v) is 5.62. The van der Waals surface area contributed by atoms with E-state index in [1.165, 1.54) is 4.88 Å². The van der Waals surface area contributed by atoms with Gasteiger partial charge in [-0.2, -0.15) is 0 Å². The molecule has 5 nitrogen and oxygen atoms in total. The molecule has 3 aromatic rings. The average Bonchev–Trinajstić information content (AvgIpc) is 3.20. The van der Waals surface area contributed by atoms with Gasteiger partial charge in [-0.15, -0.1) is 32.9 Å². The highest BCUT2D eigenvalue weighted by molar-refractivity contribution is 7.20. The lowest BCUT2D eigenvalue weighted by molar-refractivity contribution is 0.206. The number of hydrogen-bond acceptors (Lipinski definition) is 6. The Kier molecular flexibility index (Phi) is 3.33. The molecule has 7 heteroatoms. The highest BCUT2D eigenvalue weighted by Crippen LogP contribution is 2.28. The normalized spacial score (nSPS) is 15.3. The molecule has 0 aromatic carbocycles. The second-order valence-corrected chi connectivity index (χ2v) is 6.95. The molecular weight excluding hydrogens is 302 g/mol. The van der Waals surface area contributed by atoms with E-state index in [1.807, 2.05) is 6.92 Å². The van der Waals surface area contributed by atoms with Crippen LogP contribution >= 0.6 is 22.7 Å². The molecule has 1 aliphatic rings. The van der Waals surface area contributed by atoms with Crippen LogP contribution in [0.3, 0.4) is 0 Å². The molecule has 0 N–H and O–H groups in total. The molecule has 0 unspecified atom stereocenters. The molecule has 0 atom stereocenters. The Labute approximate surface area is 130 Å². The van der Waals surface area contributed by atoms with Crippen LogP contribution in [0.25, 0.3) is 9.88 Å². The minimum atomic E-state index is 0.854. The molecule has 4 heterocycles. The molecular formula is C14H15N5S2. The van der Waals surface area contributed by atoms with Crippen LogP contribution in [0.2, 0.25) is 0 Å². The monoisotopic (exact) mass is 317 g/mol. The summed E-state index contributed by atoms with van der Waals surface area (Å²) in [6.07, 6.45) is 0. The Morgan fingerprint density at radius 3 is 3.05 bits per heavy atom. The van der Waals surface area contributed by atoms with Gasteiger partial charge in [0.1, 0.15) is 16.7 Å². The summed E-state index contributed by atoms with van der Waals surface area (Å²) in [5.74, 6) is 2.07. The summed E-state index contributed by atoms with van der Waals surface area (Å²) >= 11 is 3.47. The number of nitrogens with zero attached hydrogens (tertiary/aromatic N) is 5. The summed E-state index contributed by atoms with van der Waals surface area (Å²) in [5, 5.41) is 13.8. The summed E-state index contributed by atoms with van der Waals surface area (Å²) in [7, 11) is 0. The Hall–Kier alpha value is -1.57. The van der Waals surface area contributed by atoms with Crippen molar-refractivity contribution in [2.45, 2.75) is 26.6 Å². The molecule has 0 saturated carbocycles. The largest absolute Gasteiger partial charge is 0.313 e. The number of rotatable bonds is 3. The Balaban J connectivity index is 1.48. The highest BCUT2D eigenvalue weighted by atomic mass is 32.1. The lowest BCUT2D eigenvalue weighted by Crippen LogP contribution is -2.33. The van der Waals surface area contributed by atoms with E-state index in [-0.39, 0.29) is 0 Å². The van der Waals surface area contributed by atoms with Gasteiger partial charge in [0.2, 0.25) is 0 Å². The number of fused-ring (bicyclic) bond motifs is 1. The maximum Gasteiger partial charge on any atom is 0.147 e. The van der Waals surface area contributed by atoms with Gasteiger partial charge in [-0.1, -0.05) is 6.07 Å². The molecule has 3 aromatic heterocycles. The quantitative estimate of drug-likeness (QED) is 0.745. The smallest absolute Gasteiger partial charge is 0.147 e. The minimum Gasteiger partial charge on any atom is -0.313 e. The van der Waals surface area contributed by atoms with Gasteiger partial charge in [0.15, 0.2) is 0 Å². The first-order valence-electron chi connectivity index (χ1n) is 6.89. The summed E-state index contributed by atoms with van der Waals surface area (Å²) in [6, 6.07) is 4.19. The van der Waals surface area contributed by atoms with Gasteiger partial charge in [-0.05, 0) is 18.4 Å². The van der Waals surface area contributed by atoms with E-state index >= 15 is 0 Å². The molecule has 108 valence electrons. The fraction of sp³-hybridized carbons (Fsp3) is 0.357. The van der Waals surface area contributed by atoms with Gasteiger partial charge >= 0.3 is 0 Å². The molecule has 1 aliphatic heterocycles. The number of thiazole rings is 1. The minimum absolute atomic E-state index is 0.854. The van der Waals surface area contributed by atoms with Crippen LogP contribution in [0.5, 0.6) is 0 Å². The SMILES string of the molecule is Cc1nnc2n1CCN(Cc1csc(-c3cccs3)n1)C2. The molecule has 0 fully saturated rings. The van der Waals surface area contributed by atoms with Crippen LogP contribution in [0.15, 0.2) is 22.9 Å². The van der Waals surface area contributed by atoms with E-state index < -0.39 is 0 Å². The van der Waals surface area contributed by atoms with E-state index in [1.54, 1.807) is 22.7 Å². The van der Waals surface area contributed by atoms with Crippen molar-refractivity contribution in [3.05, 3.63) is 40.2 Å². The third-order valence-electron chi connectivity index (χ3n) is 3.69. The Bertz CT molecular complexity index is 743. The highest BCUT2D eigenvalue weighted by Gasteiger charge is 2.20. The van der Waals surface area contributed by atoms with Crippen LogP contribution in [0, 0.1) is 6.92 Å². The second kappa shape index (κ2) is 5.32. The van der Waals surface area contributed by atoms with Crippen molar-refractivity contribution in [2.24, 2.45) is 0 Å². The first-order valence-corrected chi connectivity index (χ1v) is 8.65. The fourth-order valence-electron chi connectivity index (χ4n) is 2.61. The van der Waals surface area contributed by atoms with E-state index in [0.717, 1.165) is 48.5 Å². The number of thiophene rings is 1. The summed E-state index contributed by atoms with van der Waals surface area (Å²) in [6.45, 7) is 5.74. The van der Waals surface area contributed by atoms with Crippen molar-refractivity contribution in [3.8, 4) is 9.88 Å². The van der Waals surface area contributed by atoms with Gasteiger partial charge in [0.25, 0.3) is 0 Å². The standard InChI is InChI=1S/C14H15N5S2/c1-10-16-17-13-8-18(4-5-19(10)13)7-11-9-21-14(15-11)12-3-2-6-20-12/h2-3,6,9H,4-5,7-8H2,1H3. The topological polar surface area (TPSA) is 46.8 Å². The zero-order valence-electron chi connectivity index (χ0n) is 11.7. The Morgan fingerprint density at radius 1 is 1.24 bits per heavy atom. The maximum atomic E-state index is 4.75. The fourth-order valence-corrected chi connectivity index (χ4v) is 4.24. The summed E-state index contributed by atoms with van der Waals surface area (Å²) in [5.41, 5.74) is 1.15. The van der Waals surface area contributed by atoms with Gasteiger partial charge in [0.05, 0.1) is 17.1 Å². The van der Waals surface area contributed by atoms with E-state index in [2.05, 4.69) is 42.6 Å². The van der Waals surface area contributed by atoms with Crippen LogP contribution in [-0.4, -0.2) is 31.2 Å². The zero-order chi connectivity index (χ0) is 14.2. The van der Waals surface area contributed by atoms with E-state index in [0.29, 0.717) is 0 Å². The van der Waals surface area contributed by atoms with Crippen molar-refractivity contribution >= 4 is 22.7 Å². The first kappa shape index (κ1) is 13.1. The second-order valence-electron chi connectivity index (χ2n) is 5.15. The summed E-state index contributed by atoms with van der Waals surface area (Å²) in [4.78, 5) is 8.39. The van der Waals surface area contributed by atoms with Crippen LogP contribution in [0.4, 0.5) is 0 Å². The molecule has 0 saturated heterocycles. The van der Waals surface area contributed by atoms with Crippen molar-refractivity contribution in [1.29, 1.82) is 0 Å². The van der Waals surface area contributed by atoms with Crippen LogP contribution in [0.1, 0.15) is 17.3 Å². The lowest BCUT2D eigenvalue weighted by atomic mass is 10.3. The van der Waals surface area contributed by atoms with E-state index in [9.17, 15) is 0 Å². The van der Waals surface area contributed by atoms with Crippen molar-refractivity contribution < 1.29 is 0 Å². The Morgan fingerprint density at radius 2 is 2.19 bits per heavy atom. The molecule has 21 heavy (non-hydrogen) atoms. The third kappa shape index (κ3) is 2.52. The molecule has 0 radical (unpaired) electrons. The average molecular weight is 317 g/mol. The van der Waals surface area contributed by atoms with E-state index in [4.69, 9.17) is 4.98 Å². The van der Waals surface area contributed by atoms with Crippen molar-refractivity contribution in [3.63, 3.8) is 0 Å². The molecule has 4 rings (SSSR count). The lowest BCUT2D eigenvalue weighted by Gasteiger charge is -2.26.